The Morgan fingerprint density at radius 2 is 1.65 bits per heavy atom. The first-order chi connectivity index (χ1) is 7.64. The summed E-state index contributed by atoms with van der Waals surface area (Å²) in [5.41, 5.74) is 2.79. The Morgan fingerprint density at radius 3 is 2.12 bits per heavy atom. The maximum atomic E-state index is 11.5. The molecule has 0 spiro atoms. The van der Waals surface area contributed by atoms with E-state index in [0.717, 1.165) is 11.1 Å². The zero-order valence-electron chi connectivity index (χ0n) is 10.3. The van der Waals surface area contributed by atoms with Gasteiger partial charge >= 0.3 is 0 Å². The summed E-state index contributed by atoms with van der Waals surface area (Å²) in [4.78, 5) is 0. The van der Waals surface area contributed by atoms with Gasteiger partial charge in [-0.2, -0.15) is 0 Å². The number of sulfone groups is 1. The summed E-state index contributed by atoms with van der Waals surface area (Å²) >= 11 is 12.3. The lowest BCUT2D eigenvalue weighted by molar-refractivity contribution is 0.587. The van der Waals surface area contributed by atoms with E-state index in [9.17, 15) is 8.42 Å². The van der Waals surface area contributed by atoms with E-state index in [-0.39, 0.29) is 0 Å². The van der Waals surface area contributed by atoms with Gasteiger partial charge in [-0.3, -0.25) is 0 Å². The van der Waals surface area contributed by atoms with Crippen molar-refractivity contribution >= 4 is 33.0 Å². The highest BCUT2D eigenvalue weighted by atomic mass is 35.5. The zero-order valence-corrected chi connectivity index (χ0v) is 12.6. The number of hydrogen-bond donors (Lipinski definition) is 0. The summed E-state index contributed by atoms with van der Waals surface area (Å²) in [5.74, 6) is 0. The lowest BCUT2D eigenvalue weighted by Gasteiger charge is -2.19. The average molecular weight is 295 g/mol. The van der Waals surface area contributed by atoms with Gasteiger partial charge in [0, 0.05) is 11.3 Å². The van der Waals surface area contributed by atoms with Crippen LogP contribution in [-0.2, 0) is 9.84 Å². The third kappa shape index (κ3) is 3.36. The summed E-state index contributed by atoms with van der Waals surface area (Å²) in [6.45, 7) is 5.50. The molecule has 2 atom stereocenters. The Hall–Kier alpha value is -0.250. The molecule has 96 valence electrons. The van der Waals surface area contributed by atoms with E-state index >= 15 is 0 Å². The minimum Gasteiger partial charge on any atom is -0.229 e. The molecule has 2 nitrogen and oxygen atoms in total. The molecule has 17 heavy (non-hydrogen) atoms. The minimum atomic E-state index is -3.18. The largest absolute Gasteiger partial charge is 0.229 e. The molecule has 0 radical (unpaired) electrons. The molecule has 0 aliphatic heterocycles. The fraction of sp³-hybridized carbons (Fsp3) is 0.500. The molecule has 0 heterocycles. The van der Waals surface area contributed by atoms with E-state index in [4.69, 9.17) is 23.2 Å². The van der Waals surface area contributed by atoms with Gasteiger partial charge in [0.25, 0.3) is 0 Å². The number of alkyl halides is 1. The summed E-state index contributed by atoms with van der Waals surface area (Å²) in [6.07, 6.45) is 1.18. The fourth-order valence-corrected chi connectivity index (χ4v) is 3.20. The SMILES string of the molecule is Cc1cc(Cl)c(C(Cl)C(C)S(C)(=O)=O)cc1C. The van der Waals surface area contributed by atoms with Crippen molar-refractivity contribution in [1.29, 1.82) is 0 Å². The van der Waals surface area contributed by atoms with Crippen molar-refractivity contribution in [3.05, 3.63) is 33.8 Å². The van der Waals surface area contributed by atoms with E-state index in [0.29, 0.717) is 10.6 Å². The smallest absolute Gasteiger partial charge is 0.151 e. The maximum absolute atomic E-state index is 11.5. The third-order valence-corrected chi connectivity index (χ3v) is 5.71. The Labute approximate surface area is 113 Å². The molecule has 0 saturated carbocycles. The molecule has 0 bridgehead atoms. The van der Waals surface area contributed by atoms with Gasteiger partial charge in [0.15, 0.2) is 9.84 Å². The van der Waals surface area contributed by atoms with E-state index in [1.165, 1.54) is 6.26 Å². The van der Waals surface area contributed by atoms with Crippen LogP contribution >= 0.6 is 23.2 Å². The summed E-state index contributed by atoms with van der Waals surface area (Å²) in [7, 11) is -3.18. The molecule has 0 aliphatic carbocycles. The molecule has 0 amide bonds. The number of hydrogen-bond acceptors (Lipinski definition) is 2. The first-order valence-corrected chi connectivity index (χ1v) is 8.01. The van der Waals surface area contributed by atoms with Gasteiger partial charge in [-0.05, 0) is 43.5 Å². The molecule has 2 unspecified atom stereocenters. The van der Waals surface area contributed by atoms with Gasteiger partial charge < -0.3 is 0 Å². The van der Waals surface area contributed by atoms with Crippen molar-refractivity contribution < 1.29 is 8.42 Å². The van der Waals surface area contributed by atoms with E-state index in [1.54, 1.807) is 6.92 Å². The standard InChI is InChI=1S/C12H16Cl2O2S/c1-7-5-10(11(13)6-8(7)2)12(14)9(3)17(4,15)16/h5-6,9,12H,1-4H3. The Morgan fingerprint density at radius 1 is 1.18 bits per heavy atom. The molecule has 1 aromatic carbocycles. The van der Waals surface area contributed by atoms with Crippen LogP contribution in [0.15, 0.2) is 12.1 Å². The number of aryl methyl sites for hydroxylation is 2. The van der Waals surface area contributed by atoms with Crippen molar-refractivity contribution in [2.75, 3.05) is 6.26 Å². The number of rotatable bonds is 3. The topological polar surface area (TPSA) is 34.1 Å². The fourth-order valence-electron chi connectivity index (χ4n) is 1.48. The maximum Gasteiger partial charge on any atom is 0.151 e. The molecule has 0 aliphatic rings. The Bertz CT molecular complexity index is 524. The van der Waals surface area contributed by atoms with Crippen molar-refractivity contribution in [3.8, 4) is 0 Å². The number of halogens is 2. The second kappa shape index (κ2) is 5.17. The second-order valence-electron chi connectivity index (χ2n) is 4.39. The van der Waals surface area contributed by atoms with Crippen molar-refractivity contribution in [2.45, 2.75) is 31.4 Å². The van der Waals surface area contributed by atoms with Crippen LogP contribution in [0.25, 0.3) is 0 Å². The highest BCUT2D eigenvalue weighted by Crippen LogP contribution is 2.34. The van der Waals surface area contributed by atoms with Gasteiger partial charge in [0.1, 0.15) is 0 Å². The molecule has 0 N–H and O–H groups in total. The molecule has 0 saturated heterocycles. The summed E-state index contributed by atoms with van der Waals surface area (Å²) < 4.78 is 23.0. The second-order valence-corrected chi connectivity index (χ2v) is 7.67. The molecule has 0 fully saturated rings. The first-order valence-electron chi connectivity index (χ1n) is 5.24. The van der Waals surface area contributed by atoms with E-state index in [1.807, 2.05) is 26.0 Å². The normalized spacial score (nSPS) is 15.6. The monoisotopic (exact) mass is 294 g/mol. The molecule has 5 heteroatoms. The minimum absolute atomic E-state index is 0.517. The van der Waals surface area contributed by atoms with Crippen LogP contribution in [0.5, 0.6) is 0 Å². The van der Waals surface area contributed by atoms with Crippen LogP contribution in [0.2, 0.25) is 5.02 Å². The van der Waals surface area contributed by atoms with Crippen LogP contribution in [0.4, 0.5) is 0 Å². The predicted molar refractivity (Wildman–Crippen MR) is 73.8 cm³/mol. The van der Waals surface area contributed by atoms with Gasteiger partial charge in [0.05, 0.1) is 10.6 Å². The summed E-state index contributed by atoms with van der Waals surface area (Å²) in [6, 6.07) is 3.67. The Balaban J connectivity index is 3.22. The van der Waals surface area contributed by atoms with Gasteiger partial charge in [-0.1, -0.05) is 17.7 Å². The van der Waals surface area contributed by atoms with Crippen LogP contribution in [0.3, 0.4) is 0 Å². The zero-order chi connectivity index (χ0) is 13.4. The van der Waals surface area contributed by atoms with Crippen molar-refractivity contribution in [2.24, 2.45) is 0 Å². The first kappa shape index (κ1) is 14.8. The average Bonchev–Trinajstić information content (AvgIpc) is 2.20. The van der Waals surface area contributed by atoms with Crippen molar-refractivity contribution in [3.63, 3.8) is 0 Å². The molecule has 0 aromatic heterocycles. The predicted octanol–water partition coefficient (Wildman–Crippen LogP) is 3.67. The highest BCUT2D eigenvalue weighted by molar-refractivity contribution is 7.91. The summed E-state index contributed by atoms with van der Waals surface area (Å²) in [5, 5.41) is -0.774. The van der Waals surface area contributed by atoms with Crippen LogP contribution in [0.1, 0.15) is 29.0 Å². The highest BCUT2D eigenvalue weighted by Gasteiger charge is 2.27. The van der Waals surface area contributed by atoms with E-state index in [2.05, 4.69) is 0 Å². The van der Waals surface area contributed by atoms with E-state index < -0.39 is 20.5 Å². The van der Waals surface area contributed by atoms with Gasteiger partial charge in [0.2, 0.25) is 0 Å². The van der Waals surface area contributed by atoms with Crippen molar-refractivity contribution in [1.82, 2.24) is 0 Å². The molecular formula is C12H16Cl2O2S. The lowest BCUT2D eigenvalue weighted by atomic mass is 10.0. The molecule has 1 aromatic rings. The quantitative estimate of drug-likeness (QED) is 0.797. The van der Waals surface area contributed by atoms with Crippen LogP contribution in [0, 0.1) is 13.8 Å². The molecule has 1 rings (SSSR count). The lowest BCUT2D eigenvalue weighted by Crippen LogP contribution is -2.21. The Kier molecular flexibility index (Phi) is 4.50. The van der Waals surface area contributed by atoms with Crippen LogP contribution < -0.4 is 0 Å². The number of benzene rings is 1. The molecular weight excluding hydrogens is 279 g/mol. The van der Waals surface area contributed by atoms with Crippen LogP contribution in [-0.4, -0.2) is 19.9 Å². The third-order valence-electron chi connectivity index (χ3n) is 3.00. The van der Waals surface area contributed by atoms with Gasteiger partial charge in [-0.15, -0.1) is 11.6 Å². The van der Waals surface area contributed by atoms with Gasteiger partial charge in [-0.25, -0.2) is 8.42 Å².